The summed E-state index contributed by atoms with van der Waals surface area (Å²) in [6.45, 7) is 0.692. The third kappa shape index (κ3) is 3.52. The minimum Gasteiger partial charge on any atom is -0.465 e. The Morgan fingerprint density at radius 2 is 1.90 bits per heavy atom. The molecule has 0 atom stereocenters. The third-order valence-corrected chi connectivity index (χ3v) is 3.29. The fourth-order valence-corrected chi connectivity index (χ4v) is 2.20. The summed E-state index contributed by atoms with van der Waals surface area (Å²) in [4.78, 5) is 11.7. The monoisotopic (exact) mass is 289 g/mol. The highest BCUT2D eigenvalue weighted by atomic mass is 35.5. The van der Waals surface area contributed by atoms with Crippen molar-refractivity contribution in [2.24, 2.45) is 0 Å². The van der Waals surface area contributed by atoms with Crippen LogP contribution in [0, 0.1) is 0 Å². The summed E-state index contributed by atoms with van der Waals surface area (Å²) in [5.74, 6) is -0.394. The number of halogens is 1. The fraction of sp³-hybridized carbons (Fsp3) is 0.188. The predicted octanol–water partition coefficient (Wildman–Crippen LogP) is 3.78. The molecule has 2 aromatic carbocycles. The summed E-state index contributed by atoms with van der Waals surface area (Å²) in [6.07, 6.45) is 0.854. The minimum atomic E-state index is -0.394. The van der Waals surface area contributed by atoms with Crippen LogP contribution in [0.4, 0.5) is 5.69 Å². The number of benzene rings is 2. The van der Waals surface area contributed by atoms with Crippen LogP contribution in [0.3, 0.4) is 0 Å². The number of anilines is 1. The Kier molecular flexibility index (Phi) is 5.02. The topological polar surface area (TPSA) is 38.3 Å². The summed E-state index contributed by atoms with van der Waals surface area (Å²) in [5.41, 5.74) is 2.30. The highest BCUT2D eigenvalue weighted by Crippen LogP contribution is 2.26. The van der Waals surface area contributed by atoms with Crippen LogP contribution in [0.2, 0.25) is 5.02 Å². The molecule has 0 aliphatic carbocycles. The van der Waals surface area contributed by atoms with Gasteiger partial charge in [-0.15, -0.1) is 0 Å². The van der Waals surface area contributed by atoms with Crippen molar-refractivity contribution in [2.45, 2.75) is 6.42 Å². The summed E-state index contributed by atoms with van der Waals surface area (Å²) in [6, 6.07) is 15.3. The number of para-hydroxylation sites is 1. The Balaban J connectivity index is 2.07. The van der Waals surface area contributed by atoms with E-state index in [-0.39, 0.29) is 0 Å². The molecule has 0 aromatic heterocycles. The summed E-state index contributed by atoms with van der Waals surface area (Å²) < 4.78 is 4.76. The van der Waals surface area contributed by atoms with Gasteiger partial charge >= 0.3 is 5.97 Å². The van der Waals surface area contributed by atoms with Gasteiger partial charge in [0.25, 0.3) is 0 Å². The number of ether oxygens (including phenoxy) is 1. The first-order chi connectivity index (χ1) is 9.72. The number of esters is 1. The Labute approximate surface area is 123 Å². The first-order valence-electron chi connectivity index (χ1n) is 6.37. The number of carbonyl (C=O) groups excluding carboxylic acids is 1. The smallest absolute Gasteiger partial charge is 0.340 e. The van der Waals surface area contributed by atoms with E-state index in [2.05, 4.69) is 17.4 Å². The lowest BCUT2D eigenvalue weighted by Crippen LogP contribution is -2.11. The molecule has 0 spiro atoms. The molecule has 3 nitrogen and oxygen atoms in total. The van der Waals surface area contributed by atoms with Crippen LogP contribution < -0.4 is 5.32 Å². The van der Waals surface area contributed by atoms with Crippen LogP contribution in [-0.4, -0.2) is 19.6 Å². The van der Waals surface area contributed by atoms with Gasteiger partial charge in [-0.3, -0.25) is 0 Å². The van der Waals surface area contributed by atoms with E-state index < -0.39 is 5.97 Å². The lowest BCUT2D eigenvalue weighted by Gasteiger charge is -2.12. The molecule has 0 bridgehead atoms. The van der Waals surface area contributed by atoms with Gasteiger partial charge in [0.15, 0.2) is 0 Å². The molecule has 0 fully saturated rings. The first-order valence-corrected chi connectivity index (χ1v) is 6.75. The maximum absolute atomic E-state index is 11.7. The molecular weight excluding hydrogens is 274 g/mol. The standard InChI is InChI=1S/C16H16ClNO2/c1-20-16(19)13-8-5-9-14(17)15(13)18-11-10-12-6-3-2-4-7-12/h2-9,18H,10-11H2,1H3. The van der Waals surface area contributed by atoms with Gasteiger partial charge in [-0.1, -0.05) is 48.0 Å². The molecule has 0 saturated heterocycles. The maximum atomic E-state index is 11.7. The average Bonchev–Trinajstić information content (AvgIpc) is 2.49. The molecule has 0 aliphatic rings. The van der Waals surface area contributed by atoms with Crippen LogP contribution in [0.25, 0.3) is 0 Å². The molecule has 0 saturated carbocycles. The van der Waals surface area contributed by atoms with Gasteiger partial charge in [-0.05, 0) is 24.1 Å². The van der Waals surface area contributed by atoms with Crippen LogP contribution in [0.1, 0.15) is 15.9 Å². The van der Waals surface area contributed by atoms with E-state index in [9.17, 15) is 4.79 Å². The van der Waals surface area contributed by atoms with Gasteiger partial charge in [-0.2, -0.15) is 0 Å². The van der Waals surface area contributed by atoms with E-state index in [1.165, 1.54) is 12.7 Å². The molecule has 0 radical (unpaired) electrons. The number of nitrogens with one attached hydrogen (secondary N) is 1. The zero-order chi connectivity index (χ0) is 14.4. The summed E-state index contributed by atoms with van der Waals surface area (Å²) in [7, 11) is 1.36. The number of hydrogen-bond donors (Lipinski definition) is 1. The normalized spacial score (nSPS) is 10.1. The van der Waals surface area contributed by atoms with E-state index in [0.717, 1.165) is 6.42 Å². The zero-order valence-corrected chi connectivity index (χ0v) is 12.0. The molecule has 0 aliphatic heterocycles. The maximum Gasteiger partial charge on any atom is 0.340 e. The van der Waals surface area contributed by atoms with E-state index in [1.54, 1.807) is 18.2 Å². The number of carbonyl (C=O) groups is 1. The van der Waals surface area contributed by atoms with Crippen LogP contribution in [-0.2, 0) is 11.2 Å². The van der Waals surface area contributed by atoms with Gasteiger partial charge in [-0.25, -0.2) is 4.79 Å². The fourth-order valence-electron chi connectivity index (χ4n) is 1.96. The Morgan fingerprint density at radius 1 is 1.15 bits per heavy atom. The lowest BCUT2D eigenvalue weighted by molar-refractivity contribution is 0.0602. The highest BCUT2D eigenvalue weighted by molar-refractivity contribution is 6.34. The molecule has 2 rings (SSSR count). The second kappa shape index (κ2) is 6.96. The van der Waals surface area contributed by atoms with Crippen molar-refractivity contribution in [3.8, 4) is 0 Å². The van der Waals surface area contributed by atoms with E-state index >= 15 is 0 Å². The molecule has 4 heteroatoms. The Bertz CT molecular complexity index is 584. The van der Waals surface area contributed by atoms with E-state index in [1.807, 2.05) is 18.2 Å². The number of hydrogen-bond acceptors (Lipinski definition) is 3. The van der Waals surface area contributed by atoms with Gasteiger partial charge in [0.05, 0.1) is 23.4 Å². The first kappa shape index (κ1) is 14.4. The molecule has 104 valence electrons. The lowest BCUT2D eigenvalue weighted by atomic mass is 10.1. The predicted molar refractivity (Wildman–Crippen MR) is 81.4 cm³/mol. The molecule has 0 unspecified atom stereocenters. The molecule has 0 heterocycles. The van der Waals surface area contributed by atoms with Crippen LogP contribution in [0.15, 0.2) is 48.5 Å². The van der Waals surface area contributed by atoms with E-state index in [4.69, 9.17) is 16.3 Å². The average molecular weight is 290 g/mol. The van der Waals surface area contributed by atoms with Crippen molar-refractivity contribution in [1.82, 2.24) is 0 Å². The second-order valence-corrected chi connectivity index (χ2v) is 4.72. The zero-order valence-electron chi connectivity index (χ0n) is 11.2. The second-order valence-electron chi connectivity index (χ2n) is 4.32. The van der Waals surface area contributed by atoms with Crippen molar-refractivity contribution in [3.63, 3.8) is 0 Å². The minimum absolute atomic E-state index is 0.394. The van der Waals surface area contributed by atoms with Crippen molar-refractivity contribution in [3.05, 3.63) is 64.7 Å². The number of rotatable bonds is 5. The van der Waals surface area contributed by atoms with Crippen LogP contribution in [0.5, 0.6) is 0 Å². The van der Waals surface area contributed by atoms with Crippen LogP contribution >= 0.6 is 11.6 Å². The molecule has 1 N–H and O–H groups in total. The Hall–Kier alpha value is -2.00. The van der Waals surface area contributed by atoms with Crippen molar-refractivity contribution < 1.29 is 9.53 Å². The SMILES string of the molecule is COC(=O)c1cccc(Cl)c1NCCc1ccccc1. The summed E-state index contributed by atoms with van der Waals surface area (Å²) in [5, 5.41) is 3.73. The summed E-state index contributed by atoms with van der Waals surface area (Å²) >= 11 is 6.14. The molecule has 20 heavy (non-hydrogen) atoms. The highest BCUT2D eigenvalue weighted by Gasteiger charge is 2.13. The Morgan fingerprint density at radius 3 is 2.60 bits per heavy atom. The quantitative estimate of drug-likeness (QED) is 0.851. The van der Waals surface area contributed by atoms with E-state index in [0.29, 0.717) is 22.8 Å². The molecule has 2 aromatic rings. The molecular formula is C16H16ClNO2. The van der Waals surface area contributed by atoms with Crippen molar-refractivity contribution >= 4 is 23.3 Å². The van der Waals surface area contributed by atoms with Crippen molar-refractivity contribution in [1.29, 1.82) is 0 Å². The van der Waals surface area contributed by atoms with Gasteiger partial charge in [0.1, 0.15) is 0 Å². The van der Waals surface area contributed by atoms with Gasteiger partial charge < -0.3 is 10.1 Å². The molecule has 0 amide bonds. The largest absolute Gasteiger partial charge is 0.465 e. The van der Waals surface area contributed by atoms with Crippen molar-refractivity contribution in [2.75, 3.05) is 19.0 Å². The van der Waals surface area contributed by atoms with Gasteiger partial charge in [0, 0.05) is 6.54 Å². The number of methoxy groups -OCH3 is 1. The third-order valence-electron chi connectivity index (χ3n) is 2.98. The van der Waals surface area contributed by atoms with Gasteiger partial charge in [0.2, 0.25) is 0 Å².